The van der Waals surface area contributed by atoms with Crippen molar-refractivity contribution in [3.63, 3.8) is 0 Å². The average Bonchev–Trinajstić information content (AvgIpc) is 2.85. The fraction of sp³-hybridized carbons (Fsp3) is 0.214. The molecule has 0 aliphatic rings. The van der Waals surface area contributed by atoms with Crippen LogP contribution < -0.4 is 16.2 Å². The van der Waals surface area contributed by atoms with Crippen molar-refractivity contribution in [3.8, 4) is 0 Å². The van der Waals surface area contributed by atoms with Gasteiger partial charge in [0.25, 0.3) is 5.91 Å². The summed E-state index contributed by atoms with van der Waals surface area (Å²) in [7, 11) is 1.63. The largest absolute Gasteiger partial charge is 0.355 e. The van der Waals surface area contributed by atoms with Gasteiger partial charge in [-0.2, -0.15) is 5.10 Å². The molecule has 0 aliphatic heterocycles. The maximum atomic E-state index is 12.0. The standard InChI is InChI=1S/C14H16ClN5OS/c1-9(10-6-4-3-5-7-10)17-14(22)19-18-13(21)12-11(15)8-16-20(12)2/h3-9H,1-2H3,(H,18,21)(H2,17,19,22). The minimum Gasteiger partial charge on any atom is -0.355 e. The highest BCUT2D eigenvalue weighted by atomic mass is 35.5. The topological polar surface area (TPSA) is 71.0 Å². The van der Waals surface area contributed by atoms with Crippen LogP contribution in [0.1, 0.15) is 29.0 Å². The predicted molar refractivity (Wildman–Crippen MR) is 89.4 cm³/mol. The van der Waals surface area contributed by atoms with Gasteiger partial charge < -0.3 is 5.32 Å². The smallest absolute Gasteiger partial charge is 0.289 e. The molecule has 0 saturated heterocycles. The first-order chi connectivity index (χ1) is 10.5. The van der Waals surface area contributed by atoms with E-state index in [1.54, 1.807) is 7.05 Å². The Morgan fingerprint density at radius 2 is 2.00 bits per heavy atom. The highest BCUT2D eigenvalue weighted by molar-refractivity contribution is 7.80. The van der Waals surface area contributed by atoms with E-state index in [1.165, 1.54) is 10.9 Å². The molecule has 116 valence electrons. The van der Waals surface area contributed by atoms with Crippen LogP contribution in [-0.2, 0) is 7.05 Å². The van der Waals surface area contributed by atoms with E-state index < -0.39 is 5.91 Å². The Morgan fingerprint density at radius 1 is 1.32 bits per heavy atom. The van der Waals surface area contributed by atoms with Crippen molar-refractivity contribution in [2.24, 2.45) is 7.05 Å². The number of carbonyl (C=O) groups excluding carboxylic acids is 1. The van der Waals surface area contributed by atoms with E-state index >= 15 is 0 Å². The molecule has 6 nitrogen and oxygen atoms in total. The van der Waals surface area contributed by atoms with Gasteiger partial charge in [-0.1, -0.05) is 41.9 Å². The van der Waals surface area contributed by atoms with E-state index in [-0.39, 0.29) is 16.8 Å². The molecule has 1 amide bonds. The molecular formula is C14H16ClN5OS. The van der Waals surface area contributed by atoms with Gasteiger partial charge in [-0.05, 0) is 24.7 Å². The molecule has 2 aromatic rings. The zero-order valence-electron chi connectivity index (χ0n) is 12.1. The first-order valence-electron chi connectivity index (χ1n) is 6.58. The SMILES string of the molecule is CC(NC(=S)NNC(=O)c1c(Cl)cnn1C)c1ccccc1. The molecule has 0 aliphatic carbocycles. The number of nitrogens with one attached hydrogen (secondary N) is 3. The van der Waals surface area contributed by atoms with E-state index in [4.69, 9.17) is 23.8 Å². The number of carbonyl (C=O) groups is 1. The molecule has 1 atom stereocenters. The highest BCUT2D eigenvalue weighted by Gasteiger charge is 2.15. The Labute approximate surface area is 138 Å². The number of amides is 1. The summed E-state index contributed by atoms with van der Waals surface area (Å²) in [5.74, 6) is -0.415. The number of aromatic nitrogens is 2. The summed E-state index contributed by atoms with van der Waals surface area (Å²) in [6, 6.07) is 9.86. The minimum atomic E-state index is -0.415. The monoisotopic (exact) mass is 337 g/mol. The van der Waals surface area contributed by atoms with Crippen LogP contribution in [0, 0.1) is 0 Å². The Kier molecular flexibility index (Phi) is 5.35. The lowest BCUT2D eigenvalue weighted by Gasteiger charge is -2.17. The van der Waals surface area contributed by atoms with Crippen LogP contribution in [0.5, 0.6) is 0 Å². The van der Waals surface area contributed by atoms with Gasteiger partial charge in [-0.25, -0.2) is 0 Å². The summed E-state index contributed by atoms with van der Waals surface area (Å²) in [6.07, 6.45) is 1.41. The van der Waals surface area contributed by atoms with Gasteiger partial charge in [0, 0.05) is 7.05 Å². The average molecular weight is 338 g/mol. The molecule has 0 saturated carbocycles. The van der Waals surface area contributed by atoms with Gasteiger partial charge >= 0.3 is 0 Å². The molecule has 1 aromatic heterocycles. The van der Waals surface area contributed by atoms with Crippen LogP contribution in [0.15, 0.2) is 36.5 Å². The second-order valence-electron chi connectivity index (χ2n) is 4.65. The van der Waals surface area contributed by atoms with Crippen LogP contribution in [-0.4, -0.2) is 20.8 Å². The molecule has 2 rings (SSSR count). The first-order valence-corrected chi connectivity index (χ1v) is 7.37. The number of halogens is 1. The predicted octanol–water partition coefficient (Wildman–Crippen LogP) is 1.94. The number of hydrogen-bond donors (Lipinski definition) is 3. The lowest BCUT2D eigenvalue weighted by atomic mass is 10.1. The number of benzene rings is 1. The zero-order valence-corrected chi connectivity index (χ0v) is 13.7. The number of hydrogen-bond acceptors (Lipinski definition) is 3. The first kappa shape index (κ1) is 16.3. The Balaban J connectivity index is 1.87. The van der Waals surface area contributed by atoms with Gasteiger partial charge in [0.05, 0.1) is 17.3 Å². The number of hydrazine groups is 1. The van der Waals surface area contributed by atoms with E-state index in [2.05, 4.69) is 21.3 Å². The van der Waals surface area contributed by atoms with E-state index in [0.29, 0.717) is 5.11 Å². The second-order valence-corrected chi connectivity index (χ2v) is 5.47. The maximum Gasteiger partial charge on any atom is 0.289 e. The molecule has 0 fully saturated rings. The molecule has 1 unspecified atom stereocenters. The lowest BCUT2D eigenvalue weighted by Crippen LogP contribution is -2.47. The third kappa shape index (κ3) is 3.96. The summed E-state index contributed by atoms with van der Waals surface area (Å²) < 4.78 is 1.39. The molecule has 0 spiro atoms. The van der Waals surface area contributed by atoms with Gasteiger partial charge in [0.1, 0.15) is 5.69 Å². The third-order valence-corrected chi connectivity index (χ3v) is 3.54. The van der Waals surface area contributed by atoms with Gasteiger partial charge in [0.15, 0.2) is 5.11 Å². The van der Waals surface area contributed by atoms with Gasteiger partial charge in [-0.3, -0.25) is 20.3 Å². The van der Waals surface area contributed by atoms with Crippen molar-refractivity contribution >= 4 is 34.8 Å². The molecule has 0 radical (unpaired) electrons. The van der Waals surface area contributed by atoms with Crippen molar-refractivity contribution in [1.82, 2.24) is 25.9 Å². The lowest BCUT2D eigenvalue weighted by molar-refractivity contribution is 0.0934. The Hall–Kier alpha value is -2.12. The van der Waals surface area contributed by atoms with Gasteiger partial charge in [-0.15, -0.1) is 0 Å². The molecule has 1 aromatic carbocycles. The molecular weight excluding hydrogens is 322 g/mol. The van der Waals surface area contributed by atoms with Crippen molar-refractivity contribution in [1.29, 1.82) is 0 Å². The Morgan fingerprint density at radius 3 is 2.59 bits per heavy atom. The van der Waals surface area contributed by atoms with Crippen molar-refractivity contribution in [2.45, 2.75) is 13.0 Å². The van der Waals surface area contributed by atoms with Crippen LogP contribution >= 0.6 is 23.8 Å². The molecule has 1 heterocycles. The van der Waals surface area contributed by atoms with E-state index in [0.717, 1.165) is 5.56 Å². The second kappa shape index (κ2) is 7.24. The summed E-state index contributed by atoms with van der Waals surface area (Å²) >= 11 is 11.1. The van der Waals surface area contributed by atoms with Crippen LogP contribution in [0.2, 0.25) is 5.02 Å². The Bertz CT molecular complexity index is 654. The normalized spacial score (nSPS) is 11.6. The van der Waals surface area contributed by atoms with Crippen molar-refractivity contribution in [2.75, 3.05) is 0 Å². The van der Waals surface area contributed by atoms with Gasteiger partial charge in [0.2, 0.25) is 0 Å². The summed E-state index contributed by atoms with van der Waals surface area (Å²) in [5.41, 5.74) is 6.48. The van der Waals surface area contributed by atoms with Crippen molar-refractivity contribution in [3.05, 3.63) is 52.8 Å². The van der Waals surface area contributed by atoms with E-state index in [9.17, 15) is 4.79 Å². The molecule has 3 N–H and O–H groups in total. The number of rotatable bonds is 3. The summed E-state index contributed by atoms with van der Waals surface area (Å²) in [4.78, 5) is 12.0. The zero-order chi connectivity index (χ0) is 16.1. The number of nitrogens with zero attached hydrogens (tertiary/aromatic N) is 2. The quantitative estimate of drug-likeness (QED) is 0.590. The van der Waals surface area contributed by atoms with Crippen LogP contribution in [0.25, 0.3) is 0 Å². The molecule has 22 heavy (non-hydrogen) atoms. The highest BCUT2D eigenvalue weighted by Crippen LogP contribution is 2.13. The third-order valence-electron chi connectivity index (χ3n) is 3.05. The number of aryl methyl sites for hydroxylation is 1. The van der Waals surface area contributed by atoms with Crippen molar-refractivity contribution < 1.29 is 4.79 Å². The molecule has 0 bridgehead atoms. The maximum absolute atomic E-state index is 12.0. The van der Waals surface area contributed by atoms with Crippen LogP contribution in [0.4, 0.5) is 0 Å². The van der Waals surface area contributed by atoms with Crippen LogP contribution in [0.3, 0.4) is 0 Å². The fourth-order valence-electron chi connectivity index (χ4n) is 1.90. The fourth-order valence-corrected chi connectivity index (χ4v) is 2.38. The molecule has 8 heteroatoms. The van der Waals surface area contributed by atoms with E-state index in [1.807, 2.05) is 37.3 Å². The summed E-state index contributed by atoms with van der Waals surface area (Å²) in [5, 5.41) is 7.56. The minimum absolute atomic E-state index is 0.0124. The summed E-state index contributed by atoms with van der Waals surface area (Å²) in [6.45, 7) is 1.98. The number of thiocarbonyl (C=S) groups is 1.